The number of pyridine rings is 1. The molecule has 0 unspecified atom stereocenters. The topological polar surface area (TPSA) is 102 Å². The molecule has 5 rings (SSSR count). The third kappa shape index (κ3) is 5.11. The zero-order valence-corrected chi connectivity index (χ0v) is 21.8. The van der Waals surface area contributed by atoms with Gasteiger partial charge in [-0.1, -0.05) is 22.0 Å². The molecule has 200 valence electrons. The molecule has 13 heteroatoms. The standard InChI is InChI=1S/C25H24BrF3N6O3/c26-18-2-1-3-19(11-18)35-15-34(14-20(36)4-5-25(27,28)29)23(38)24(35)6-8-33(9-7-24)22(37)17-10-16-13-31-32-21(16)30-12-17/h1-3,10-13H,4-9,14-15H2,(H,30,31,32). The Kier molecular flexibility index (Phi) is 6.88. The van der Waals surface area contributed by atoms with E-state index in [1.165, 1.54) is 11.1 Å². The number of Topliss-reactive ketones (excluding diaryl/α,β-unsaturated/α-hetero) is 1. The van der Waals surface area contributed by atoms with E-state index in [4.69, 9.17) is 0 Å². The first-order chi connectivity index (χ1) is 18.1. The molecular formula is C25H24BrF3N6O3. The van der Waals surface area contributed by atoms with Crippen molar-refractivity contribution < 1.29 is 27.6 Å². The van der Waals surface area contributed by atoms with Gasteiger partial charge < -0.3 is 14.7 Å². The second-order valence-corrected chi connectivity index (χ2v) is 10.5. The van der Waals surface area contributed by atoms with Gasteiger partial charge in [0.1, 0.15) is 5.54 Å². The molecule has 1 aromatic carbocycles. The number of fused-ring (bicyclic) bond motifs is 1. The van der Waals surface area contributed by atoms with Crippen molar-refractivity contribution in [2.24, 2.45) is 0 Å². The first-order valence-corrected chi connectivity index (χ1v) is 12.8. The number of aromatic nitrogens is 3. The smallest absolute Gasteiger partial charge is 0.339 e. The molecule has 0 bridgehead atoms. The molecule has 2 saturated heterocycles. The molecule has 3 aromatic rings. The number of aromatic amines is 1. The summed E-state index contributed by atoms with van der Waals surface area (Å²) in [4.78, 5) is 48.4. The molecule has 0 saturated carbocycles. The van der Waals surface area contributed by atoms with Crippen molar-refractivity contribution in [3.8, 4) is 0 Å². The first kappa shape index (κ1) is 26.1. The van der Waals surface area contributed by atoms with E-state index in [-0.39, 0.29) is 38.1 Å². The molecule has 1 spiro atoms. The molecule has 2 aromatic heterocycles. The van der Waals surface area contributed by atoms with E-state index in [0.717, 1.165) is 10.2 Å². The quantitative estimate of drug-likeness (QED) is 0.465. The molecule has 1 N–H and O–H groups in total. The lowest BCUT2D eigenvalue weighted by Gasteiger charge is -2.43. The van der Waals surface area contributed by atoms with Crippen molar-refractivity contribution in [1.82, 2.24) is 25.0 Å². The van der Waals surface area contributed by atoms with Gasteiger partial charge in [0.2, 0.25) is 5.91 Å². The average molecular weight is 593 g/mol. The number of nitrogens with zero attached hydrogens (tertiary/aromatic N) is 5. The van der Waals surface area contributed by atoms with Crippen molar-refractivity contribution in [3.05, 3.63) is 52.8 Å². The number of alkyl halides is 3. The van der Waals surface area contributed by atoms with Crippen LogP contribution in [0.4, 0.5) is 18.9 Å². The molecule has 2 amide bonds. The number of rotatable bonds is 6. The summed E-state index contributed by atoms with van der Waals surface area (Å²) in [5.41, 5.74) is 0.708. The summed E-state index contributed by atoms with van der Waals surface area (Å²) in [5, 5.41) is 7.38. The van der Waals surface area contributed by atoms with Gasteiger partial charge >= 0.3 is 6.18 Å². The highest BCUT2D eigenvalue weighted by molar-refractivity contribution is 9.10. The SMILES string of the molecule is O=C(CCC(F)(F)F)CN1CN(c2cccc(Br)c2)C2(CCN(C(=O)c3cnc4[nH]ncc4c3)CC2)C1=O. The molecule has 2 aliphatic rings. The Morgan fingerprint density at radius 2 is 1.89 bits per heavy atom. The van der Waals surface area contributed by atoms with E-state index in [9.17, 15) is 27.6 Å². The molecule has 9 nitrogen and oxygen atoms in total. The minimum Gasteiger partial charge on any atom is -0.339 e. The minimum absolute atomic E-state index is 0.0715. The zero-order chi connectivity index (χ0) is 27.1. The van der Waals surface area contributed by atoms with E-state index in [1.54, 1.807) is 17.2 Å². The van der Waals surface area contributed by atoms with Crippen LogP contribution in [-0.2, 0) is 9.59 Å². The maximum absolute atomic E-state index is 13.7. The van der Waals surface area contributed by atoms with Crippen LogP contribution in [0.1, 0.15) is 36.0 Å². The highest BCUT2D eigenvalue weighted by Gasteiger charge is 2.54. The van der Waals surface area contributed by atoms with E-state index >= 15 is 0 Å². The van der Waals surface area contributed by atoms with Crippen LogP contribution >= 0.6 is 15.9 Å². The number of amides is 2. The molecule has 0 aliphatic carbocycles. The maximum Gasteiger partial charge on any atom is 0.389 e. The number of benzene rings is 1. The van der Waals surface area contributed by atoms with Gasteiger partial charge in [0.25, 0.3) is 5.91 Å². The Balaban J connectivity index is 1.35. The molecular weight excluding hydrogens is 569 g/mol. The number of piperidine rings is 1. The molecule has 2 aliphatic heterocycles. The highest BCUT2D eigenvalue weighted by Crippen LogP contribution is 2.40. The van der Waals surface area contributed by atoms with Crippen molar-refractivity contribution in [3.63, 3.8) is 0 Å². The Labute approximate surface area is 224 Å². The van der Waals surface area contributed by atoms with Crippen molar-refractivity contribution >= 4 is 50.2 Å². The average Bonchev–Trinajstić information content (AvgIpc) is 3.46. The molecule has 0 atom stereocenters. The van der Waals surface area contributed by atoms with Gasteiger partial charge in [-0.3, -0.25) is 19.5 Å². The Bertz CT molecular complexity index is 1390. The number of likely N-dealkylation sites (tertiary alicyclic amines) is 1. The number of carbonyl (C=O) groups excluding carboxylic acids is 3. The van der Waals surface area contributed by atoms with Gasteiger partial charge in [-0.05, 0) is 37.1 Å². The Hall–Kier alpha value is -3.48. The maximum atomic E-state index is 13.7. The zero-order valence-electron chi connectivity index (χ0n) is 20.2. The number of halogens is 4. The molecule has 2 fully saturated rings. The number of hydrogen-bond acceptors (Lipinski definition) is 6. The van der Waals surface area contributed by atoms with Crippen LogP contribution in [0.5, 0.6) is 0 Å². The van der Waals surface area contributed by atoms with Gasteiger partial charge in [0, 0.05) is 41.3 Å². The Morgan fingerprint density at radius 1 is 1.13 bits per heavy atom. The predicted molar refractivity (Wildman–Crippen MR) is 135 cm³/mol. The largest absolute Gasteiger partial charge is 0.389 e. The Morgan fingerprint density at radius 3 is 2.61 bits per heavy atom. The highest BCUT2D eigenvalue weighted by atomic mass is 79.9. The lowest BCUT2D eigenvalue weighted by atomic mass is 9.85. The summed E-state index contributed by atoms with van der Waals surface area (Å²) in [6, 6.07) is 9.08. The number of nitrogens with one attached hydrogen (secondary N) is 1. The number of ketones is 1. The third-order valence-corrected chi connectivity index (χ3v) is 7.60. The van der Waals surface area contributed by atoms with Crippen LogP contribution in [-0.4, -0.2) is 80.6 Å². The van der Waals surface area contributed by atoms with E-state index < -0.39 is 30.3 Å². The van der Waals surface area contributed by atoms with Gasteiger partial charge in [-0.25, -0.2) is 4.98 Å². The van der Waals surface area contributed by atoms with Gasteiger partial charge in [-0.15, -0.1) is 0 Å². The van der Waals surface area contributed by atoms with E-state index in [2.05, 4.69) is 31.1 Å². The van der Waals surface area contributed by atoms with Crippen LogP contribution < -0.4 is 4.90 Å². The fourth-order valence-corrected chi connectivity index (χ4v) is 5.53. The monoisotopic (exact) mass is 592 g/mol. The van der Waals surface area contributed by atoms with Crippen LogP contribution in [0.2, 0.25) is 0 Å². The van der Waals surface area contributed by atoms with Crippen LogP contribution in [0.15, 0.2) is 47.2 Å². The second-order valence-electron chi connectivity index (χ2n) is 9.56. The second kappa shape index (κ2) is 10.0. The van der Waals surface area contributed by atoms with E-state index in [0.29, 0.717) is 29.4 Å². The van der Waals surface area contributed by atoms with Crippen LogP contribution in [0.25, 0.3) is 11.0 Å². The molecule has 4 heterocycles. The number of hydrogen-bond donors (Lipinski definition) is 1. The first-order valence-electron chi connectivity index (χ1n) is 12.1. The summed E-state index contributed by atoms with van der Waals surface area (Å²) < 4.78 is 38.6. The summed E-state index contributed by atoms with van der Waals surface area (Å²) in [6.07, 6.45) is -2.65. The van der Waals surface area contributed by atoms with Crippen LogP contribution in [0, 0.1) is 0 Å². The summed E-state index contributed by atoms with van der Waals surface area (Å²) >= 11 is 3.45. The number of H-pyrrole nitrogens is 1. The van der Waals surface area contributed by atoms with Gasteiger partial charge in [0.05, 0.1) is 31.4 Å². The van der Waals surface area contributed by atoms with Gasteiger partial charge in [-0.2, -0.15) is 18.3 Å². The van der Waals surface area contributed by atoms with Gasteiger partial charge in [0.15, 0.2) is 11.4 Å². The molecule has 0 radical (unpaired) electrons. The lowest BCUT2D eigenvalue weighted by Crippen LogP contribution is -2.57. The summed E-state index contributed by atoms with van der Waals surface area (Å²) in [5.74, 6) is -1.17. The van der Waals surface area contributed by atoms with E-state index in [1.807, 2.05) is 29.2 Å². The summed E-state index contributed by atoms with van der Waals surface area (Å²) in [6.45, 7) is 0.255. The lowest BCUT2D eigenvalue weighted by molar-refractivity contribution is -0.145. The van der Waals surface area contributed by atoms with Crippen molar-refractivity contribution in [2.45, 2.75) is 37.4 Å². The van der Waals surface area contributed by atoms with Crippen molar-refractivity contribution in [2.75, 3.05) is 31.2 Å². The fraction of sp³-hybridized carbons (Fsp3) is 0.400. The summed E-state index contributed by atoms with van der Waals surface area (Å²) in [7, 11) is 0. The predicted octanol–water partition coefficient (Wildman–Crippen LogP) is 3.91. The molecule has 38 heavy (non-hydrogen) atoms. The van der Waals surface area contributed by atoms with Crippen molar-refractivity contribution in [1.29, 1.82) is 0 Å². The minimum atomic E-state index is -4.44. The normalized spacial score (nSPS) is 17.6. The van der Waals surface area contributed by atoms with Crippen LogP contribution in [0.3, 0.4) is 0 Å². The fourth-order valence-electron chi connectivity index (χ4n) is 5.15. The number of carbonyl (C=O) groups is 3. The third-order valence-electron chi connectivity index (χ3n) is 7.10. The number of anilines is 1.